The summed E-state index contributed by atoms with van der Waals surface area (Å²) in [6.07, 6.45) is 0. The molecule has 1 aromatic heterocycles. The van der Waals surface area contributed by atoms with Gasteiger partial charge in [-0.15, -0.1) is 10.2 Å². The van der Waals surface area contributed by atoms with Crippen molar-refractivity contribution in [2.24, 2.45) is 5.73 Å². The Bertz CT molecular complexity index is 675. The standard InChI is InChI=1S/C13H14N4O3S3/c1-20-9-4-2-8(3-5-9)6-21-12-16-17-13(23-12)22-7-10(18)15-11(14)19/h2-5H,6-7H2,1H3,(H3,14,15,18,19). The summed E-state index contributed by atoms with van der Waals surface area (Å²) in [6, 6.07) is 6.96. The van der Waals surface area contributed by atoms with Crippen molar-refractivity contribution in [1.82, 2.24) is 15.5 Å². The molecule has 0 bridgehead atoms. The average molecular weight is 370 g/mol. The van der Waals surface area contributed by atoms with Gasteiger partial charge in [0.1, 0.15) is 5.75 Å². The molecule has 7 nitrogen and oxygen atoms in total. The number of aromatic nitrogens is 2. The van der Waals surface area contributed by atoms with E-state index in [1.165, 1.54) is 23.1 Å². The molecule has 2 aromatic rings. The quantitative estimate of drug-likeness (QED) is 0.719. The average Bonchev–Trinajstić information content (AvgIpc) is 2.99. The first kappa shape index (κ1) is 17.6. The van der Waals surface area contributed by atoms with Crippen molar-refractivity contribution in [3.05, 3.63) is 29.8 Å². The molecule has 0 atom stereocenters. The highest BCUT2D eigenvalue weighted by Crippen LogP contribution is 2.30. The van der Waals surface area contributed by atoms with Crippen LogP contribution in [0.15, 0.2) is 32.9 Å². The van der Waals surface area contributed by atoms with Crippen molar-refractivity contribution in [3.63, 3.8) is 0 Å². The van der Waals surface area contributed by atoms with Crippen molar-refractivity contribution >= 4 is 46.8 Å². The molecule has 0 aliphatic rings. The number of nitrogens with one attached hydrogen (secondary N) is 1. The first-order chi connectivity index (χ1) is 11.1. The highest BCUT2D eigenvalue weighted by atomic mass is 32.2. The van der Waals surface area contributed by atoms with Crippen LogP contribution in [0.3, 0.4) is 0 Å². The number of carbonyl (C=O) groups is 2. The largest absolute Gasteiger partial charge is 0.497 e. The number of urea groups is 1. The monoisotopic (exact) mass is 370 g/mol. The highest BCUT2D eigenvalue weighted by molar-refractivity contribution is 8.03. The van der Waals surface area contributed by atoms with E-state index in [2.05, 4.69) is 10.2 Å². The summed E-state index contributed by atoms with van der Waals surface area (Å²) >= 11 is 4.19. The molecule has 10 heteroatoms. The molecule has 0 saturated carbocycles. The number of nitrogens with two attached hydrogens (primary N) is 1. The van der Waals surface area contributed by atoms with Crippen LogP contribution in [0.1, 0.15) is 5.56 Å². The van der Waals surface area contributed by atoms with Gasteiger partial charge in [-0.2, -0.15) is 0 Å². The normalized spacial score (nSPS) is 10.3. The predicted octanol–water partition coefficient (Wildman–Crippen LogP) is 2.13. The third-order valence-corrected chi connectivity index (χ3v) is 5.76. The second-order valence-electron chi connectivity index (χ2n) is 4.17. The first-order valence-corrected chi connectivity index (χ1v) is 9.17. The third-order valence-electron chi connectivity index (χ3n) is 2.50. The Morgan fingerprint density at radius 3 is 2.48 bits per heavy atom. The lowest BCUT2D eigenvalue weighted by molar-refractivity contribution is -0.117. The van der Waals surface area contributed by atoms with Crippen LogP contribution >= 0.6 is 34.9 Å². The Hall–Kier alpha value is -1.78. The number of imide groups is 1. The van der Waals surface area contributed by atoms with Crippen LogP contribution in [-0.2, 0) is 10.5 Å². The predicted molar refractivity (Wildman–Crippen MR) is 90.9 cm³/mol. The number of nitrogens with zero attached hydrogens (tertiary/aromatic N) is 2. The number of ether oxygens (including phenoxy) is 1. The van der Waals surface area contributed by atoms with Gasteiger partial charge in [0, 0.05) is 5.75 Å². The van der Waals surface area contributed by atoms with Crippen molar-refractivity contribution < 1.29 is 14.3 Å². The van der Waals surface area contributed by atoms with Crippen molar-refractivity contribution in [1.29, 1.82) is 0 Å². The summed E-state index contributed by atoms with van der Waals surface area (Å²) in [4.78, 5) is 21.8. The zero-order chi connectivity index (χ0) is 16.7. The number of amides is 3. The molecule has 23 heavy (non-hydrogen) atoms. The zero-order valence-corrected chi connectivity index (χ0v) is 14.6. The number of benzene rings is 1. The summed E-state index contributed by atoms with van der Waals surface area (Å²) in [5, 5.41) is 10.1. The Balaban J connectivity index is 1.79. The highest BCUT2D eigenvalue weighted by Gasteiger charge is 2.10. The van der Waals surface area contributed by atoms with Gasteiger partial charge in [0.05, 0.1) is 12.9 Å². The van der Waals surface area contributed by atoms with Gasteiger partial charge >= 0.3 is 6.03 Å². The molecule has 3 amide bonds. The summed E-state index contributed by atoms with van der Waals surface area (Å²) < 4.78 is 6.60. The van der Waals surface area contributed by atoms with E-state index in [1.54, 1.807) is 18.9 Å². The zero-order valence-electron chi connectivity index (χ0n) is 12.1. The molecule has 122 valence electrons. The molecule has 0 aliphatic heterocycles. The van der Waals surface area contributed by atoms with E-state index in [0.717, 1.165) is 21.4 Å². The fourth-order valence-corrected chi connectivity index (χ4v) is 4.26. The molecular weight excluding hydrogens is 356 g/mol. The first-order valence-electron chi connectivity index (χ1n) is 6.38. The fraction of sp³-hybridized carbons (Fsp3) is 0.231. The Morgan fingerprint density at radius 1 is 1.22 bits per heavy atom. The molecular formula is C13H14N4O3S3. The van der Waals surface area contributed by atoms with E-state index in [1.807, 2.05) is 29.6 Å². The minimum Gasteiger partial charge on any atom is -0.497 e. The fourth-order valence-electron chi connectivity index (χ4n) is 1.48. The van der Waals surface area contributed by atoms with E-state index in [4.69, 9.17) is 10.5 Å². The molecule has 2 rings (SSSR count). The molecule has 1 heterocycles. The van der Waals surface area contributed by atoms with E-state index in [0.29, 0.717) is 4.34 Å². The van der Waals surface area contributed by atoms with Gasteiger partial charge in [-0.25, -0.2) is 4.79 Å². The number of thioether (sulfide) groups is 2. The van der Waals surface area contributed by atoms with Gasteiger partial charge < -0.3 is 10.5 Å². The Kier molecular flexibility index (Phi) is 6.68. The molecule has 0 fully saturated rings. The second kappa shape index (κ2) is 8.75. The topological polar surface area (TPSA) is 107 Å². The SMILES string of the molecule is COc1ccc(CSc2nnc(SCC(=O)NC(N)=O)s2)cc1. The summed E-state index contributed by atoms with van der Waals surface area (Å²) in [5.41, 5.74) is 6.02. The Labute approximate surface area is 145 Å². The lowest BCUT2D eigenvalue weighted by Gasteiger charge is -2.01. The molecule has 0 aliphatic carbocycles. The molecule has 1 aromatic carbocycles. The maximum Gasteiger partial charge on any atom is 0.318 e. The number of hydrogen-bond acceptors (Lipinski definition) is 8. The van der Waals surface area contributed by atoms with Crippen LogP contribution in [-0.4, -0.2) is 35.0 Å². The van der Waals surface area contributed by atoms with Crippen LogP contribution in [0.5, 0.6) is 5.75 Å². The van der Waals surface area contributed by atoms with Gasteiger partial charge in [0.15, 0.2) is 8.68 Å². The molecule has 3 N–H and O–H groups in total. The minimum atomic E-state index is -0.858. The Morgan fingerprint density at radius 2 is 1.87 bits per heavy atom. The van der Waals surface area contributed by atoms with Gasteiger partial charge in [0.25, 0.3) is 0 Å². The number of primary amides is 1. The van der Waals surface area contributed by atoms with Gasteiger partial charge in [0.2, 0.25) is 5.91 Å². The van der Waals surface area contributed by atoms with Crippen LogP contribution in [0.4, 0.5) is 4.79 Å². The summed E-state index contributed by atoms with van der Waals surface area (Å²) in [5.74, 6) is 1.21. The van der Waals surface area contributed by atoms with Crippen molar-refractivity contribution in [2.45, 2.75) is 14.4 Å². The maximum atomic E-state index is 11.3. The molecule has 0 saturated heterocycles. The van der Waals surface area contributed by atoms with Gasteiger partial charge in [-0.05, 0) is 17.7 Å². The number of methoxy groups -OCH3 is 1. The van der Waals surface area contributed by atoms with Crippen LogP contribution in [0, 0.1) is 0 Å². The number of carbonyl (C=O) groups excluding carboxylic acids is 2. The van der Waals surface area contributed by atoms with E-state index >= 15 is 0 Å². The van der Waals surface area contributed by atoms with E-state index < -0.39 is 11.9 Å². The van der Waals surface area contributed by atoms with Gasteiger partial charge in [-0.1, -0.05) is 47.0 Å². The molecule has 0 spiro atoms. The smallest absolute Gasteiger partial charge is 0.318 e. The number of rotatable bonds is 7. The summed E-state index contributed by atoms with van der Waals surface area (Å²) in [6.45, 7) is 0. The van der Waals surface area contributed by atoms with Gasteiger partial charge in [-0.3, -0.25) is 10.1 Å². The lowest BCUT2D eigenvalue weighted by Crippen LogP contribution is -2.36. The third kappa shape index (κ3) is 6.08. The van der Waals surface area contributed by atoms with Crippen molar-refractivity contribution in [2.75, 3.05) is 12.9 Å². The second-order valence-corrected chi connectivity index (χ2v) is 7.59. The molecule has 0 unspecified atom stereocenters. The number of hydrogen-bond donors (Lipinski definition) is 2. The summed E-state index contributed by atoms with van der Waals surface area (Å²) in [7, 11) is 1.63. The minimum absolute atomic E-state index is 0.0702. The van der Waals surface area contributed by atoms with Crippen LogP contribution < -0.4 is 15.8 Å². The maximum absolute atomic E-state index is 11.3. The lowest BCUT2D eigenvalue weighted by atomic mass is 10.2. The van der Waals surface area contributed by atoms with Crippen LogP contribution in [0.2, 0.25) is 0 Å². The van der Waals surface area contributed by atoms with E-state index in [9.17, 15) is 9.59 Å². The van der Waals surface area contributed by atoms with Crippen molar-refractivity contribution in [3.8, 4) is 5.75 Å². The van der Waals surface area contributed by atoms with Crippen LogP contribution in [0.25, 0.3) is 0 Å². The molecule has 0 radical (unpaired) electrons. The van der Waals surface area contributed by atoms with E-state index in [-0.39, 0.29) is 5.75 Å².